The summed E-state index contributed by atoms with van der Waals surface area (Å²) in [7, 11) is 0. The van der Waals surface area contributed by atoms with Crippen molar-refractivity contribution in [1.82, 2.24) is 40.3 Å². The van der Waals surface area contributed by atoms with Gasteiger partial charge in [-0.3, -0.25) is 14.4 Å². The van der Waals surface area contributed by atoms with Gasteiger partial charge in [0.2, 0.25) is 11.9 Å². The summed E-state index contributed by atoms with van der Waals surface area (Å²) in [5.74, 6) is 0.516. The fraction of sp³-hybridized carbons (Fsp3) is 0.467. The SMILES string of the molecule is C=NC(=NC1Cc2ccccc2C1)N/C=C(\C)c1cn(CC(=O)N2CCc3n[nH]nc3C2)nc1CCN1CCOCC1. The third kappa shape index (κ3) is 6.50. The van der Waals surface area contributed by atoms with Gasteiger partial charge in [0.05, 0.1) is 37.2 Å². The molecule has 6 rings (SSSR count). The summed E-state index contributed by atoms with van der Waals surface area (Å²) in [4.78, 5) is 26.4. The number of hydrogen-bond donors (Lipinski definition) is 2. The van der Waals surface area contributed by atoms with Crippen LogP contribution in [-0.2, 0) is 48.3 Å². The van der Waals surface area contributed by atoms with Crippen LogP contribution in [0.4, 0.5) is 0 Å². The van der Waals surface area contributed by atoms with Crippen LogP contribution in [0.2, 0.25) is 0 Å². The normalized spacial score (nSPS) is 18.2. The highest BCUT2D eigenvalue weighted by molar-refractivity contribution is 5.86. The maximum absolute atomic E-state index is 13.2. The number of amides is 1. The van der Waals surface area contributed by atoms with Crippen molar-refractivity contribution >= 4 is 24.2 Å². The van der Waals surface area contributed by atoms with Crippen LogP contribution in [-0.4, -0.2) is 99.0 Å². The van der Waals surface area contributed by atoms with Crippen LogP contribution in [0.25, 0.3) is 5.57 Å². The molecular weight excluding hydrogens is 532 g/mol. The Bertz CT molecular complexity index is 1460. The van der Waals surface area contributed by atoms with Gasteiger partial charge < -0.3 is 15.0 Å². The van der Waals surface area contributed by atoms with E-state index in [1.54, 1.807) is 4.68 Å². The molecule has 220 valence electrons. The lowest BCUT2D eigenvalue weighted by atomic mass is 10.1. The van der Waals surface area contributed by atoms with Crippen LogP contribution in [0.1, 0.15) is 40.7 Å². The number of morpholine rings is 1. The van der Waals surface area contributed by atoms with Gasteiger partial charge >= 0.3 is 0 Å². The topological polar surface area (TPSA) is 129 Å². The van der Waals surface area contributed by atoms with Gasteiger partial charge in [0.25, 0.3) is 0 Å². The van der Waals surface area contributed by atoms with Crippen molar-refractivity contribution in [1.29, 1.82) is 0 Å². The predicted octanol–water partition coefficient (Wildman–Crippen LogP) is 1.64. The molecule has 12 nitrogen and oxygen atoms in total. The van der Waals surface area contributed by atoms with E-state index in [1.165, 1.54) is 11.1 Å². The monoisotopic (exact) mass is 570 g/mol. The first-order chi connectivity index (χ1) is 20.6. The van der Waals surface area contributed by atoms with Gasteiger partial charge in [0.1, 0.15) is 12.2 Å². The van der Waals surface area contributed by atoms with Crippen molar-refractivity contribution in [2.24, 2.45) is 9.98 Å². The average molecular weight is 571 g/mol. The number of H-pyrrole nitrogens is 1. The number of rotatable bonds is 8. The number of hydrogen-bond acceptors (Lipinski definition) is 7. The number of carbonyl (C=O) groups is 1. The standard InChI is InChI=1S/C30H38N10O2/c1-21(17-32-30(31-2)33-24-15-22-5-3-4-6-23(22)16-24)25-18-40(36-26(25)7-9-38-11-13-42-14-12-38)20-29(41)39-10-8-27-28(19-39)35-37-34-27/h3-6,17-18,24H,2,7-16,19-20H2,1H3,(H,32,33)(H,34,35,37)/b21-17+. The number of aromatic nitrogens is 5. The molecule has 1 fully saturated rings. The third-order valence-electron chi connectivity index (χ3n) is 8.25. The fourth-order valence-electron chi connectivity index (χ4n) is 5.87. The smallest absolute Gasteiger partial charge is 0.244 e. The molecule has 0 unspecified atom stereocenters. The minimum Gasteiger partial charge on any atom is -0.379 e. The number of allylic oxidation sites excluding steroid dienone is 1. The number of guanidine groups is 1. The number of aliphatic imine (C=N–C) groups is 2. The molecule has 12 heteroatoms. The van der Waals surface area contributed by atoms with Crippen LogP contribution in [0, 0.1) is 0 Å². The Morgan fingerprint density at radius 1 is 1.17 bits per heavy atom. The molecule has 2 aliphatic heterocycles. The predicted molar refractivity (Wildman–Crippen MR) is 160 cm³/mol. The van der Waals surface area contributed by atoms with Gasteiger partial charge in [-0.15, -0.1) is 0 Å². The Kier molecular flexibility index (Phi) is 8.52. The molecule has 0 spiro atoms. The van der Waals surface area contributed by atoms with Gasteiger partial charge in [-0.2, -0.15) is 20.5 Å². The second-order valence-electron chi connectivity index (χ2n) is 11.1. The lowest BCUT2D eigenvalue weighted by molar-refractivity contribution is -0.133. The lowest BCUT2D eigenvalue weighted by Gasteiger charge is -2.26. The number of ether oxygens (including phenoxy) is 1. The molecule has 1 aromatic carbocycles. The summed E-state index contributed by atoms with van der Waals surface area (Å²) >= 11 is 0. The minimum atomic E-state index is 0.0139. The highest BCUT2D eigenvalue weighted by Crippen LogP contribution is 2.24. The van der Waals surface area contributed by atoms with Crippen molar-refractivity contribution in [3.05, 3.63) is 70.4 Å². The van der Waals surface area contributed by atoms with E-state index in [-0.39, 0.29) is 18.5 Å². The highest BCUT2D eigenvalue weighted by atomic mass is 16.5. The number of nitrogens with one attached hydrogen (secondary N) is 2. The van der Waals surface area contributed by atoms with E-state index in [1.807, 2.05) is 24.2 Å². The molecule has 42 heavy (non-hydrogen) atoms. The van der Waals surface area contributed by atoms with Crippen LogP contribution in [0.15, 0.2) is 46.6 Å². The van der Waals surface area contributed by atoms with Crippen molar-refractivity contribution in [2.75, 3.05) is 39.4 Å². The van der Waals surface area contributed by atoms with Crippen molar-refractivity contribution in [3.63, 3.8) is 0 Å². The average Bonchev–Trinajstić information content (AvgIpc) is 3.76. The summed E-state index contributed by atoms with van der Waals surface area (Å²) in [6.07, 6.45) is 7.16. The van der Waals surface area contributed by atoms with Crippen molar-refractivity contribution < 1.29 is 9.53 Å². The van der Waals surface area contributed by atoms with Crippen LogP contribution in [0.3, 0.4) is 0 Å². The number of benzene rings is 1. The molecule has 3 aromatic rings. The summed E-state index contributed by atoms with van der Waals surface area (Å²) in [5.41, 5.74) is 7.41. The van der Waals surface area contributed by atoms with Gasteiger partial charge in [-0.1, -0.05) is 24.3 Å². The number of fused-ring (bicyclic) bond motifs is 2. The maximum atomic E-state index is 13.2. The van der Waals surface area contributed by atoms with E-state index in [4.69, 9.17) is 14.8 Å². The van der Waals surface area contributed by atoms with Crippen LogP contribution >= 0.6 is 0 Å². The largest absolute Gasteiger partial charge is 0.379 e. The fourth-order valence-corrected chi connectivity index (χ4v) is 5.87. The van der Waals surface area contributed by atoms with Crippen molar-refractivity contribution in [2.45, 2.75) is 51.7 Å². The minimum absolute atomic E-state index is 0.0139. The van der Waals surface area contributed by atoms with E-state index >= 15 is 0 Å². The summed E-state index contributed by atoms with van der Waals surface area (Å²) in [5, 5.41) is 19.2. The number of carbonyl (C=O) groups excluding carboxylic acids is 1. The maximum Gasteiger partial charge on any atom is 0.244 e. The second kappa shape index (κ2) is 12.8. The Morgan fingerprint density at radius 2 is 1.93 bits per heavy atom. The van der Waals surface area contributed by atoms with E-state index in [0.717, 1.165) is 80.3 Å². The number of nitrogens with zero attached hydrogens (tertiary/aromatic N) is 8. The molecular formula is C30H38N10O2. The lowest BCUT2D eigenvalue weighted by Crippen LogP contribution is -2.38. The van der Waals surface area contributed by atoms with Crippen molar-refractivity contribution in [3.8, 4) is 0 Å². The second-order valence-corrected chi connectivity index (χ2v) is 11.1. The first kappa shape index (κ1) is 28.0. The zero-order valence-corrected chi connectivity index (χ0v) is 24.1. The molecule has 0 radical (unpaired) electrons. The summed E-state index contributed by atoms with van der Waals surface area (Å²) in [6, 6.07) is 8.63. The van der Waals surface area contributed by atoms with Gasteiger partial charge in [0, 0.05) is 57.0 Å². The quantitative estimate of drug-likeness (QED) is 0.311. The molecule has 2 N–H and O–H groups in total. The molecule has 0 saturated carbocycles. The van der Waals surface area contributed by atoms with E-state index in [2.05, 4.69) is 61.6 Å². The zero-order valence-electron chi connectivity index (χ0n) is 24.1. The Labute approximate surface area is 245 Å². The van der Waals surface area contributed by atoms with E-state index in [0.29, 0.717) is 25.5 Å². The van der Waals surface area contributed by atoms with Crippen LogP contribution in [0.5, 0.6) is 0 Å². The number of aromatic amines is 1. The molecule has 1 amide bonds. The molecule has 0 bridgehead atoms. The van der Waals surface area contributed by atoms with Crippen LogP contribution < -0.4 is 5.32 Å². The Hall–Kier alpha value is -4.16. The van der Waals surface area contributed by atoms with Gasteiger partial charge in [-0.25, -0.2) is 9.98 Å². The zero-order chi connectivity index (χ0) is 28.9. The first-order valence-corrected chi connectivity index (χ1v) is 14.6. The molecule has 2 aromatic heterocycles. The third-order valence-corrected chi connectivity index (χ3v) is 8.25. The Balaban J connectivity index is 1.16. The summed E-state index contributed by atoms with van der Waals surface area (Å²) < 4.78 is 7.27. The van der Waals surface area contributed by atoms with Gasteiger partial charge in [0.15, 0.2) is 0 Å². The van der Waals surface area contributed by atoms with E-state index in [9.17, 15) is 4.79 Å². The molecule has 1 aliphatic carbocycles. The highest BCUT2D eigenvalue weighted by Gasteiger charge is 2.25. The molecule has 3 aliphatic rings. The van der Waals surface area contributed by atoms with E-state index < -0.39 is 0 Å². The Morgan fingerprint density at radius 3 is 2.69 bits per heavy atom. The summed E-state index contributed by atoms with van der Waals surface area (Å²) in [6.45, 7) is 11.3. The molecule has 0 atom stereocenters. The molecule has 1 saturated heterocycles. The van der Waals surface area contributed by atoms with Gasteiger partial charge in [-0.05, 0) is 43.2 Å². The first-order valence-electron chi connectivity index (χ1n) is 14.6. The molecule has 4 heterocycles.